The number of nitro groups is 1. The van der Waals surface area contributed by atoms with Gasteiger partial charge in [-0.3, -0.25) is 10.1 Å². The molecule has 0 saturated carbocycles. The van der Waals surface area contributed by atoms with E-state index in [2.05, 4.69) is 32.9 Å². The standard InChI is InChI=1S/C22H25NO5/c1-5-27-21(24)13-8-17-14-19(23(25)26)11-12-20(17)28-15-16-6-9-18(10-7-16)22(2,3)4/h6-14H,5,15H2,1-4H3/b13-8+. The average molecular weight is 383 g/mol. The van der Waals surface area contributed by atoms with Crippen LogP contribution in [0.25, 0.3) is 6.08 Å². The van der Waals surface area contributed by atoms with Gasteiger partial charge in [-0.05, 0) is 35.6 Å². The Bertz CT molecular complexity index is 863. The van der Waals surface area contributed by atoms with Crippen molar-refractivity contribution in [2.45, 2.75) is 39.7 Å². The molecule has 0 N–H and O–H groups in total. The second-order valence-electron chi connectivity index (χ2n) is 7.30. The van der Waals surface area contributed by atoms with Gasteiger partial charge in [0.1, 0.15) is 12.4 Å². The van der Waals surface area contributed by atoms with E-state index < -0.39 is 10.9 Å². The third-order valence-corrected chi connectivity index (χ3v) is 4.10. The van der Waals surface area contributed by atoms with E-state index in [1.165, 1.54) is 35.9 Å². The van der Waals surface area contributed by atoms with Crippen LogP contribution in [-0.2, 0) is 21.6 Å². The zero-order valence-corrected chi connectivity index (χ0v) is 16.6. The summed E-state index contributed by atoms with van der Waals surface area (Å²) in [7, 11) is 0. The van der Waals surface area contributed by atoms with Gasteiger partial charge in [-0.15, -0.1) is 0 Å². The van der Waals surface area contributed by atoms with Crippen molar-refractivity contribution in [3.63, 3.8) is 0 Å². The van der Waals surface area contributed by atoms with Crippen molar-refractivity contribution < 1.29 is 19.2 Å². The molecule has 2 aromatic rings. The van der Waals surface area contributed by atoms with Crippen LogP contribution in [0.1, 0.15) is 44.4 Å². The summed E-state index contributed by atoms with van der Waals surface area (Å²) in [6.45, 7) is 8.72. The largest absolute Gasteiger partial charge is 0.488 e. The van der Waals surface area contributed by atoms with Gasteiger partial charge in [-0.2, -0.15) is 0 Å². The Kier molecular flexibility index (Phi) is 6.93. The van der Waals surface area contributed by atoms with Gasteiger partial charge in [0.05, 0.1) is 11.5 Å². The number of benzene rings is 2. The van der Waals surface area contributed by atoms with Crippen LogP contribution >= 0.6 is 0 Å². The van der Waals surface area contributed by atoms with Crippen LogP contribution in [0.15, 0.2) is 48.5 Å². The van der Waals surface area contributed by atoms with Gasteiger partial charge in [0.15, 0.2) is 0 Å². The number of nitro benzene ring substituents is 1. The maximum absolute atomic E-state index is 11.6. The van der Waals surface area contributed by atoms with E-state index in [1.807, 2.05) is 12.1 Å². The highest BCUT2D eigenvalue weighted by Gasteiger charge is 2.14. The molecule has 0 aromatic heterocycles. The predicted octanol–water partition coefficient (Wildman–Crippen LogP) is 5.05. The molecular formula is C22H25NO5. The summed E-state index contributed by atoms with van der Waals surface area (Å²) < 4.78 is 10.7. The number of nitrogens with zero attached hydrogens (tertiary/aromatic N) is 1. The zero-order chi connectivity index (χ0) is 20.7. The molecule has 28 heavy (non-hydrogen) atoms. The molecule has 0 heterocycles. The first-order valence-electron chi connectivity index (χ1n) is 9.06. The lowest BCUT2D eigenvalue weighted by Gasteiger charge is -2.19. The Hall–Kier alpha value is -3.15. The van der Waals surface area contributed by atoms with Gasteiger partial charge >= 0.3 is 5.97 Å². The monoisotopic (exact) mass is 383 g/mol. The van der Waals surface area contributed by atoms with Crippen LogP contribution in [0.2, 0.25) is 0 Å². The number of esters is 1. The Morgan fingerprint density at radius 1 is 1.14 bits per heavy atom. The van der Waals surface area contributed by atoms with Gasteiger partial charge in [0, 0.05) is 23.8 Å². The molecule has 6 heteroatoms. The first kappa shape index (κ1) is 21.2. The Morgan fingerprint density at radius 2 is 1.82 bits per heavy atom. The number of ether oxygens (including phenoxy) is 2. The van der Waals surface area contributed by atoms with Gasteiger partial charge in [-0.25, -0.2) is 4.79 Å². The second kappa shape index (κ2) is 9.17. The minimum Gasteiger partial charge on any atom is -0.488 e. The van der Waals surface area contributed by atoms with Crippen molar-refractivity contribution in [1.82, 2.24) is 0 Å². The number of hydrogen-bond donors (Lipinski definition) is 0. The molecule has 2 rings (SSSR count). The highest BCUT2D eigenvalue weighted by Crippen LogP contribution is 2.27. The van der Waals surface area contributed by atoms with Gasteiger partial charge in [0.2, 0.25) is 0 Å². The molecule has 0 unspecified atom stereocenters. The van der Waals surface area contributed by atoms with Crippen LogP contribution < -0.4 is 4.74 Å². The van der Waals surface area contributed by atoms with E-state index in [-0.39, 0.29) is 17.7 Å². The number of non-ortho nitro benzene ring substituents is 1. The summed E-state index contributed by atoms with van der Waals surface area (Å²) in [5.74, 6) is -0.0660. The number of carbonyl (C=O) groups is 1. The van der Waals surface area contributed by atoms with E-state index in [9.17, 15) is 14.9 Å². The fourth-order valence-corrected chi connectivity index (χ4v) is 2.52. The summed E-state index contributed by atoms with van der Waals surface area (Å²) >= 11 is 0. The lowest BCUT2D eigenvalue weighted by molar-refractivity contribution is -0.384. The smallest absolute Gasteiger partial charge is 0.330 e. The number of carbonyl (C=O) groups excluding carboxylic acids is 1. The fourth-order valence-electron chi connectivity index (χ4n) is 2.52. The van der Waals surface area contributed by atoms with E-state index in [4.69, 9.17) is 9.47 Å². The Labute approximate surface area is 164 Å². The van der Waals surface area contributed by atoms with Crippen LogP contribution in [0.4, 0.5) is 5.69 Å². The summed E-state index contributed by atoms with van der Waals surface area (Å²) in [5, 5.41) is 11.0. The Morgan fingerprint density at radius 3 is 2.39 bits per heavy atom. The van der Waals surface area contributed by atoms with E-state index >= 15 is 0 Å². The molecule has 0 saturated heterocycles. The molecule has 0 aliphatic rings. The quantitative estimate of drug-likeness (QED) is 0.289. The number of hydrogen-bond acceptors (Lipinski definition) is 5. The maximum Gasteiger partial charge on any atom is 0.330 e. The lowest BCUT2D eigenvalue weighted by Crippen LogP contribution is -2.10. The van der Waals surface area contributed by atoms with E-state index in [0.717, 1.165) is 5.56 Å². The number of rotatable bonds is 7. The molecule has 0 spiro atoms. The van der Waals surface area contributed by atoms with Crippen LogP contribution in [0.3, 0.4) is 0 Å². The van der Waals surface area contributed by atoms with Crippen LogP contribution in [-0.4, -0.2) is 17.5 Å². The maximum atomic E-state index is 11.6. The molecule has 0 aliphatic carbocycles. The van der Waals surface area contributed by atoms with Gasteiger partial charge in [0.25, 0.3) is 5.69 Å². The molecule has 0 bridgehead atoms. The molecule has 0 atom stereocenters. The van der Waals surface area contributed by atoms with E-state index in [1.54, 1.807) is 6.92 Å². The van der Waals surface area contributed by atoms with Crippen LogP contribution in [0.5, 0.6) is 5.75 Å². The first-order chi connectivity index (χ1) is 13.2. The third kappa shape index (κ3) is 5.94. The van der Waals surface area contributed by atoms with Gasteiger partial charge in [-0.1, -0.05) is 45.0 Å². The van der Waals surface area contributed by atoms with Crippen LogP contribution in [0, 0.1) is 10.1 Å². The molecule has 2 aromatic carbocycles. The molecule has 0 fully saturated rings. The second-order valence-corrected chi connectivity index (χ2v) is 7.30. The summed E-state index contributed by atoms with van der Waals surface area (Å²) in [6, 6.07) is 12.4. The molecular weight excluding hydrogens is 358 g/mol. The minimum absolute atomic E-state index is 0.0722. The highest BCUT2D eigenvalue weighted by molar-refractivity contribution is 5.87. The molecule has 148 valence electrons. The summed E-state index contributed by atoms with van der Waals surface area (Å²) in [5.41, 5.74) is 2.64. The molecule has 0 aliphatic heterocycles. The zero-order valence-electron chi connectivity index (χ0n) is 16.6. The van der Waals surface area contributed by atoms with Crippen molar-refractivity contribution in [2.75, 3.05) is 6.61 Å². The topological polar surface area (TPSA) is 78.7 Å². The summed E-state index contributed by atoms with van der Waals surface area (Å²) in [4.78, 5) is 22.1. The first-order valence-corrected chi connectivity index (χ1v) is 9.06. The molecule has 0 amide bonds. The summed E-state index contributed by atoms with van der Waals surface area (Å²) in [6.07, 6.45) is 2.69. The lowest BCUT2D eigenvalue weighted by atomic mass is 9.87. The predicted molar refractivity (Wildman–Crippen MR) is 108 cm³/mol. The van der Waals surface area contributed by atoms with Gasteiger partial charge < -0.3 is 9.47 Å². The SMILES string of the molecule is CCOC(=O)/C=C/c1cc([N+](=O)[O-])ccc1OCc1ccc(C(C)(C)C)cc1. The van der Waals surface area contributed by atoms with Crippen molar-refractivity contribution in [3.8, 4) is 5.75 Å². The van der Waals surface area contributed by atoms with E-state index in [0.29, 0.717) is 17.9 Å². The average Bonchev–Trinajstić information content (AvgIpc) is 2.64. The molecule has 6 nitrogen and oxygen atoms in total. The minimum atomic E-state index is -0.516. The Balaban J connectivity index is 2.19. The molecule has 0 radical (unpaired) electrons. The third-order valence-electron chi connectivity index (χ3n) is 4.10. The normalized spacial score (nSPS) is 11.4. The van der Waals surface area contributed by atoms with Crippen molar-refractivity contribution in [3.05, 3.63) is 75.3 Å². The fraction of sp³-hybridized carbons (Fsp3) is 0.318. The van der Waals surface area contributed by atoms with Crippen molar-refractivity contribution >= 4 is 17.7 Å². The van der Waals surface area contributed by atoms with Crippen molar-refractivity contribution in [1.29, 1.82) is 0 Å². The highest BCUT2D eigenvalue weighted by atomic mass is 16.6. The van der Waals surface area contributed by atoms with Crippen molar-refractivity contribution in [2.24, 2.45) is 0 Å².